The fourth-order valence-corrected chi connectivity index (χ4v) is 9.28. The summed E-state index contributed by atoms with van der Waals surface area (Å²) in [4.78, 5) is 0. The summed E-state index contributed by atoms with van der Waals surface area (Å²) in [5.74, 6) is 1.22. The van der Waals surface area contributed by atoms with Crippen LogP contribution < -0.4 is 0 Å². The van der Waals surface area contributed by atoms with Crippen LogP contribution in [0.2, 0.25) is 0 Å². The largest absolute Gasteiger partial charge is 0.394 e. The Kier molecular flexibility index (Phi) is 8.87. The molecule has 2 aliphatic heterocycles. The van der Waals surface area contributed by atoms with Gasteiger partial charge in [-0.15, -0.1) is 0 Å². The molecule has 0 radical (unpaired) electrons. The molecule has 0 aromatic carbocycles. The van der Waals surface area contributed by atoms with Crippen molar-refractivity contribution >= 4 is 0 Å². The maximum Gasteiger partial charge on any atom is 0.186 e. The van der Waals surface area contributed by atoms with E-state index < -0.39 is 68.0 Å². The third-order valence-corrected chi connectivity index (χ3v) is 12.0. The molecule has 0 spiro atoms. The molecule has 15 atom stereocenters. The Balaban J connectivity index is 1.08. The van der Waals surface area contributed by atoms with Crippen LogP contribution in [0.1, 0.15) is 78.1 Å². The molecule has 2 heterocycles. The molecule has 2 saturated carbocycles. The van der Waals surface area contributed by atoms with Crippen molar-refractivity contribution in [1.29, 1.82) is 0 Å². The van der Waals surface area contributed by atoms with Gasteiger partial charge in [0.15, 0.2) is 12.6 Å². The predicted molar refractivity (Wildman–Crippen MR) is 148 cm³/mol. The Labute approximate surface area is 247 Å². The highest BCUT2D eigenvalue weighted by Gasteiger charge is 2.53. The van der Waals surface area contributed by atoms with E-state index in [0.29, 0.717) is 11.3 Å². The summed E-state index contributed by atoms with van der Waals surface area (Å²) in [6.07, 6.45) is -2.85. The highest BCUT2D eigenvalue weighted by Crippen LogP contribution is 2.63. The van der Waals surface area contributed by atoms with Gasteiger partial charge in [-0.1, -0.05) is 31.4 Å². The normalized spacial score (nSPS) is 52.9. The van der Waals surface area contributed by atoms with E-state index in [1.165, 1.54) is 32.1 Å². The van der Waals surface area contributed by atoms with Gasteiger partial charge in [0, 0.05) is 0 Å². The van der Waals surface area contributed by atoms with Crippen molar-refractivity contribution in [3.8, 4) is 0 Å². The van der Waals surface area contributed by atoms with Gasteiger partial charge < -0.3 is 54.7 Å². The minimum atomic E-state index is -1.61. The van der Waals surface area contributed by atoms with E-state index in [4.69, 9.17) is 18.9 Å². The Morgan fingerprint density at radius 2 is 1.45 bits per heavy atom. The summed E-state index contributed by atoms with van der Waals surface area (Å²) >= 11 is 0. The molecule has 4 fully saturated rings. The molecule has 6 rings (SSSR count). The standard InChI is InChI=1S/C31H50O11/c1-30-9-3-4-18(30)17-6-5-15-12-16(7-11-31(15,2)19(17)8-10-30)40-29-27(38)25(36)23(34)21(42-29)14-39-28-26(37)24(35)22(33)20(13-32)41-28/h15-16,18,20-29,32-38H,3-14H2,1-2H3. The van der Waals surface area contributed by atoms with Crippen LogP contribution in [-0.4, -0.2) is 116 Å². The minimum absolute atomic E-state index is 0.167. The first-order chi connectivity index (χ1) is 20.0. The fraction of sp³-hybridized carbons (Fsp3) is 0.935. The highest BCUT2D eigenvalue weighted by molar-refractivity contribution is 5.33. The summed E-state index contributed by atoms with van der Waals surface area (Å²) in [5.41, 5.74) is 4.11. The first-order valence-corrected chi connectivity index (χ1v) is 16.0. The lowest BCUT2D eigenvalue weighted by Crippen LogP contribution is -2.62. The molecule has 2 saturated heterocycles. The van der Waals surface area contributed by atoms with Crippen molar-refractivity contribution in [3.05, 3.63) is 11.1 Å². The van der Waals surface area contributed by atoms with Crippen molar-refractivity contribution in [2.45, 2.75) is 146 Å². The number of aliphatic hydroxyl groups is 7. The molecular weight excluding hydrogens is 548 g/mol. The molecule has 15 unspecified atom stereocenters. The van der Waals surface area contributed by atoms with E-state index in [9.17, 15) is 35.7 Å². The summed E-state index contributed by atoms with van der Waals surface area (Å²) in [6.45, 7) is 3.97. The fourth-order valence-electron chi connectivity index (χ4n) is 9.28. The van der Waals surface area contributed by atoms with Crippen LogP contribution in [0.4, 0.5) is 0 Å². The zero-order valence-electron chi connectivity index (χ0n) is 24.8. The summed E-state index contributed by atoms with van der Waals surface area (Å²) in [5, 5.41) is 71.6. The van der Waals surface area contributed by atoms with Gasteiger partial charge in [-0.2, -0.15) is 0 Å². The number of allylic oxidation sites excluding steroid dienone is 2. The van der Waals surface area contributed by atoms with Crippen LogP contribution in [0.5, 0.6) is 0 Å². The number of rotatable bonds is 6. The van der Waals surface area contributed by atoms with Crippen molar-refractivity contribution in [1.82, 2.24) is 0 Å². The van der Waals surface area contributed by atoms with E-state index in [1.54, 1.807) is 11.1 Å². The van der Waals surface area contributed by atoms with Crippen molar-refractivity contribution in [3.63, 3.8) is 0 Å². The Morgan fingerprint density at radius 3 is 2.19 bits per heavy atom. The van der Waals surface area contributed by atoms with Gasteiger partial charge in [0.2, 0.25) is 0 Å². The third-order valence-electron chi connectivity index (χ3n) is 12.0. The zero-order valence-corrected chi connectivity index (χ0v) is 24.8. The first-order valence-electron chi connectivity index (χ1n) is 16.0. The lowest BCUT2D eigenvalue weighted by atomic mass is 9.51. The van der Waals surface area contributed by atoms with E-state index >= 15 is 0 Å². The van der Waals surface area contributed by atoms with Crippen LogP contribution in [0.15, 0.2) is 11.1 Å². The van der Waals surface area contributed by atoms with E-state index in [-0.39, 0.29) is 18.1 Å². The van der Waals surface area contributed by atoms with Crippen LogP contribution in [0.25, 0.3) is 0 Å². The second-order valence-corrected chi connectivity index (χ2v) is 14.3. The van der Waals surface area contributed by atoms with Gasteiger partial charge in [0.25, 0.3) is 0 Å². The van der Waals surface area contributed by atoms with Gasteiger partial charge >= 0.3 is 0 Å². The van der Waals surface area contributed by atoms with E-state index in [2.05, 4.69) is 13.8 Å². The molecule has 11 heteroatoms. The smallest absolute Gasteiger partial charge is 0.186 e. The maximum absolute atomic E-state index is 10.7. The van der Waals surface area contributed by atoms with Crippen LogP contribution in [-0.2, 0) is 18.9 Å². The van der Waals surface area contributed by atoms with Crippen molar-refractivity contribution < 1.29 is 54.7 Å². The number of hydrogen-bond acceptors (Lipinski definition) is 11. The van der Waals surface area contributed by atoms with Gasteiger partial charge in [-0.25, -0.2) is 0 Å². The molecule has 0 amide bonds. The SMILES string of the molecule is CC12CCCC1C1=C(CC2)C2(C)CCC(OC3OC(COC4OC(CO)C(O)C(O)C4O)C(O)C(O)C3O)CC2CC1. The summed E-state index contributed by atoms with van der Waals surface area (Å²) in [7, 11) is 0. The first kappa shape index (κ1) is 31.3. The molecule has 42 heavy (non-hydrogen) atoms. The minimum Gasteiger partial charge on any atom is -0.394 e. The van der Waals surface area contributed by atoms with Gasteiger partial charge in [-0.3, -0.25) is 0 Å². The highest BCUT2D eigenvalue weighted by atomic mass is 16.7. The molecule has 0 aromatic heterocycles. The Bertz CT molecular complexity index is 1010. The Hall–Kier alpha value is -0.700. The van der Waals surface area contributed by atoms with Crippen molar-refractivity contribution in [2.24, 2.45) is 22.7 Å². The molecule has 0 bridgehead atoms. The summed E-state index contributed by atoms with van der Waals surface area (Å²) < 4.78 is 23.1. The molecule has 7 N–H and O–H groups in total. The second-order valence-electron chi connectivity index (χ2n) is 14.3. The maximum atomic E-state index is 10.7. The van der Waals surface area contributed by atoms with Gasteiger partial charge in [0.1, 0.15) is 48.8 Å². The lowest BCUT2D eigenvalue weighted by Gasteiger charge is -2.54. The molecular formula is C31H50O11. The monoisotopic (exact) mass is 598 g/mol. The number of fused-ring (bicyclic) bond motifs is 4. The van der Waals surface area contributed by atoms with Crippen LogP contribution in [0, 0.1) is 22.7 Å². The van der Waals surface area contributed by atoms with Crippen LogP contribution >= 0.6 is 0 Å². The van der Waals surface area contributed by atoms with Gasteiger partial charge in [-0.05, 0) is 80.5 Å². The second kappa shape index (κ2) is 11.9. The lowest BCUT2D eigenvalue weighted by molar-refractivity contribution is -0.337. The predicted octanol–water partition coefficient (Wildman–Crippen LogP) is 0.493. The number of aliphatic hydroxyl groups excluding tert-OH is 7. The van der Waals surface area contributed by atoms with Crippen LogP contribution in [0.3, 0.4) is 0 Å². The van der Waals surface area contributed by atoms with Crippen molar-refractivity contribution in [2.75, 3.05) is 13.2 Å². The number of ether oxygens (including phenoxy) is 4. The molecule has 240 valence electrons. The average molecular weight is 599 g/mol. The Morgan fingerprint density at radius 1 is 0.762 bits per heavy atom. The van der Waals surface area contributed by atoms with Gasteiger partial charge in [0.05, 0.1) is 19.3 Å². The quantitative estimate of drug-likeness (QED) is 0.212. The molecule has 11 nitrogen and oxygen atoms in total. The zero-order chi connectivity index (χ0) is 30.0. The van der Waals surface area contributed by atoms with E-state index in [1.807, 2.05) is 0 Å². The average Bonchev–Trinajstić information content (AvgIpc) is 3.38. The third kappa shape index (κ3) is 5.30. The molecule has 4 aliphatic carbocycles. The summed E-state index contributed by atoms with van der Waals surface area (Å²) in [6, 6.07) is 0. The topological polar surface area (TPSA) is 179 Å². The molecule has 0 aromatic rings. The van der Waals surface area contributed by atoms with E-state index in [0.717, 1.165) is 38.0 Å². The number of hydrogen-bond donors (Lipinski definition) is 7. The molecule has 6 aliphatic rings.